The van der Waals surface area contributed by atoms with Crippen molar-refractivity contribution < 1.29 is 23.4 Å². The number of para-hydroxylation sites is 1. The molecule has 0 saturated carbocycles. The number of fused-ring (bicyclic) bond motifs is 1. The van der Waals surface area contributed by atoms with Crippen LogP contribution in [0, 0.1) is 0 Å². The molecule has 0 bridgehead atoms. The summed E-state index contributed by atoms with van der Waals surface area (Å²) in [4.78, 5) is 20.2. The number of amidine groups is 1. The molecule has 1 fully saturated rings. The van der Waals surface area contributed by atoms with Crippen molar-refractivity contribution in [2.24, 2.45) is 4.99 Å². The van der Waals surface area contributed by atoms with Crippen LogP contribution >= 0.6 is 11.8 Å². The molecule has 5 rings (SSSR count). The molecule has 32 heavy (non-hydrogen) atoms. The molecule has 0 aliphatic carbocycles. The van der Waals surface area contributed by atoms with Gasteiger partial charge in [-0.05, 0) is 55.1 Å². The lowest BCUT2D eigenvalue weighted by Gasteiger charge is -2.13. The van der Waals surface area contributed by atoms with E-state index in [9.17, 15) is 4.79 Å². The second-order valence-corrected chi connectivity index (χ2v) is 8.00. The summed E-state index contributed by atoms with van der Waals surface area (Å²) in [5.74, 6) is 2.41. The highest BCUT2D eigenvalue weighted by Gasteiger charge is 2.34. The van der Waals surface area contributed by atoms with Crippen LogP contribution < -0.4 is 14.2 Å². The van der Waals surface area contributed by atoms with Crippen LogP contribution in [0.25, 0.3) is 6.08 Å². The molecular formula is C24H20N2O5S. The van der Waals surface area contributed by atoms with Gasteiger partial charge >= 0.3 is 0 Å². The van der Waals surface area contributed by atoms with Gasteiger partial charge in [0, 0.05) is 11.6 Å². The fraction of sp³-hybridized carbons (Fsp3) is 0.167. The minimum absolute atomic E-state index is 0.152. The van der Waals surface area contributed by atoms with Crippen LogP contribution in [0.3, 0.4) is 0 Å². The van der Waals surface area contributed by atoms with Crippen molar-refractivity contribution in [3.8, 4) is 17.2 Å². The summed E-state index contributed by atoms with van der Waals surface area (Å²) in [5.41, 5.74) is 1.51. The van der Waals surface area contributed by atoms with Crippen molar-refractivity contribution in [3.63, 3.8) is 0 Å². The number of nitrogens with zero attached hydrogens (tertiary/aromatic N) is 2. The lowest BCUT2D eigenvalue weighted by molar-refractivity contribution is -0.122. The maximum Gasteiger partial charge on any atom is 0.267 e. The maximum atomic E-state index is 13.4. The largest absolute Gasteiger partial charge is 0.493 e. The molecule has 0 unspecified atom stereocenters. The molecule has 7 nitrogen and oxygen atoms in total. The molecule has 1 saturated heterocycles. The standard InChI is InChI=1S/C24H20N2O5S/c1-2-28-19-13-21-20(30-15-31-21)11-16(19)12-22-23(27)26(14-18-9-6-10-29-18)24(32-22)25-17-7-4-3-5-8-17/h3-13H,2,14-15H2,1H3. The number of rotatable bonds is 6. The number of carbonyl (C=O) groups excluding carboxylic acids is 1. The number of hydrogen-bond acceptors (Lipinski definition) is 7. The van der Waals surface area contributed by atoms with Crippen LogP contribution in [0.1, 0.15) is 18.2 Å². The van der Waals surface area contributed by atoms with Crippen molar-refractivity contribution in [1.29, 1.82) is 0 Å². The summed E-state index contributed by atoms with van der Waals surface area (Å²) in [5, 5.41) is 0.586. The number of furan rings is 1. The van der Waals surface area contributed by atoms with Gasteiger partial charge < -0.3 is 18.6 Å². The van der Waals surface area contributed by atoms with Crippen LogP contribution in [0.5, 0.6) is 17.2 Å². The highest BCUT2D eigenvalue weighted by molar-refractivity contribution is 8.18. The SMILES string of the molecule is CCOc1cc2c(cc1C=C1SC(=Nc3ccccc3)N(Cc3ccco3)C1=O)OCO2. The summed E-state index contributed by atoms with van der Waals surface area (Å²) < 4.78 is 22.2. The van der Waals surface area contributed by atoms with Crippen LogP contribution in [0.15, 0.2) is 75.2 Å². The normalized spacial score (nSPS) is 17.5. The number of ether oxygens (including phenoxy) is 3. The van der Waals surface area contributed by atoms with Crippen molar-refractivity contribution in [1.82, 2.24) is 4.90 Å². The van der Waals surface area contributed by atoms with Gasteiger partial charge in [0.05, 0.1) is 30.0 Å². The quantitative estimate of drug-likeness (QED) is 0.482. The van der Waals surface area contributed by atoms with Gasteiger partial charge in [-0.25, -0.2) is 4.99 Å². The second-order valence-electron chi connectivity index (χ2n) is 6.99. The zero-order valence-corrected chi connectivity index (χ0v) is 18.1. The summed E-state index contributed by atoms with van der Waals surface area (Å²) in [6.07, 6.45) is 3.40. The first kappa shape index (κ1) is 20.3. The van der Waals surface area contributed by atoms with Crippen molar-refractivity contribution in [2.45, 2.75) is 13.5 Å². The van der Waals surface area contributed by atoms with E-state index in [1.807, 2.05) is 55.5 Å². The topological polar surface area (TPSA) is 73.5 Å². The monoisotopic (exact) mass is 448 g/mol. The summed E-state index contributed by atoms with van der Waals surface area (Å²) in [6, 6.07) is 16.8. The van der Waals surface area contributed by atoms with E-state index in [1.165, 1.54) is 11.8 Å². The van der Waals surface area contributed by atoms with Crippen LogP contribution in [0.4, 0.5) is 5.69 Å². The van der Waals surface area contributed by atoms with Gasteiger partial charge in [0.1, 0.15) is 11.5 Å². The molecular weight excluding hydrogens is 428 g/mol. The number of thioether (sulfide) groups is 1. The Morgan fingerprint density at radius 3 is 2.69 bits per heavy atom. The van der Waals surface area contributed by atoms with Crippen LogP contribution in [-0.2, 0) is 11.3 Å². The van der Waals surface area contributed by atoms with Crippen molar-refractivity contribution in [3.05, 3.63) is 77.1 Å². The van der Waals surface area contributed by atoms with Gasteiger partial charge in [0.25, 0.3) is 5.91 Å². The summed E-state index contributed by atoms with van der Waals surface area (Å²) in [6.45, 7) is 2.86. The van der Waals surface area contributed by atoms with Crippen molar-refractivity contribution >= 4 is 34.6 Å². The van der Waals surface area contributed by atoms with Gasteiger partial charge in [0.15, 0.2) is 16.7 Å². The van der Waals surface area contributed by atoms with E-state index in [0.717, 1.165) is 11.3 Å². The Kier molecular flexibility index (Phi) is 5.60. The minimum Gasteiger partial charge on any atom is -0.493 e. The lowest BCUT2D eigenvalue weighted by Crippen LogP contribution is -2.28. The Balaban J connectivity index is 1.53. The fourth-order valence-electron chi connectivity index (χ4n) is 3.38. The summed E-state index contributed by atoms with van der Waals surface area (Å²) in [7, 11) is 0. The molecule has 3 heterocycles. The van der Waals surface area contributed by atoms with E-state index in [-0.39, 0.29) is 12.7 Å². The lowest BCUT2D eigenvalue weighted by atomic mass is 10.1. The molecule has 1 amide bonds. The molecule has 0 atom stereocenters. The first-order valence-electron chi connectivity index (χ1n) is 10.1. The molecule has 0 radical (unpaired) electrons. The molecule has 8 heteroatoms. The van der Waals surface area contributed by atoms with Crippen LogP contribution in [-0.4, -0.2) is 29.4 Å². The molecule has 2 aliphatic heterocycles. The smallest absolute Gasteiger partial charge is 0.267 e. The van der Waals surface area contributed by atoms with E-state index < -0.39 is 0 Å². The first-order valence-corrected chi connectivity index (χ1v) is 11.0. The zero-order chi connectivity index (χ0) is 21.9. The van der Waals surface area contributed by atoms with E-state index in [0.29, 0.717) is 46.2 Å². The number of amides is 1. The molecule has 0 spiro atoms. The van der Waals surface area contributed by atoms with E-state index >= 15 is 0 Å². The molecule has 1 aromatic heterocycles. The predicted molar refractivity (Wildman–Crippen MR) is 122 cm³/mol. The molecule has 0 N–H and O–H groups in total. The Labute approximate surface area is 189 Å². The predicted octanol–water partition coefficient (Wildman–Crippen LogP) is 5.21. The van der Waals surface area contributed by atoms with Gasteiger partial charge in [-0.15, -0.1) is 0 Å². The third kappa shape index (κ3) is 4.09. The van der Waals surface area contributed by atoms with Crippen LogP contribution in [0.2, 0.25) is 0 Å². The van der Waals surface area contributed by atoms with Gasteiger partial charge in [0.2, 0.25) is 6.79 Å². The Hall–Kier alpha value is -3.65. The Morgan fingerprint density at radius 1 is 1.12 bits per heavy atom. The number of carbonyl (C=O) groups is 1. The van der Waals surface area contributed by atoms with Crippen molar-refractivity contribution in [2.75, 3.05) is 13.4 Å². The number of aliphatic imine (C=N–C) groups is 1. The second kappa shape index (κ2) is 8.84. The van der Waals surface area contributed by atoms with E-state index in [4.69, 9.17) is 23.6 Å². The summed E-state index contributed by atoms with van der Waals surface area (Å²) >= 11 is 1.32. The number of benzene rings is 2. The zero-order valence-electron chi connectivity index (χ0n) is 17.3. The maximum absolute atomic E-state index is 13.4. The molecule has 2 aromatic carbocycles. The average molecular weight is 449 g/mol. The first-order chi connectivity index (χ1) is 15.7. The molecule has 3 aromatic rings. The highest BCUT2D eigenvalue weighted by atomic mass is 32.2. The average Bonchev–Trinajstić information content (AvgIpc) is 3.53. The fourth-order valence-corrected chi connectivity index (χ4v) is 4.36. The number of hydrogen-bond donors (Lipinski definition) is 0. The Bertz CT molecular complexity index is 1190. The van der Waals surface area contributed by atoms with Gasteiger partial charge in [-0.3, -0.25) is 9.69 Å². The third-order valence-corrected chi connectivity index (χ3v) is 5.86. The molecule has 2 aliphatic rings. The van der Waals surface area contributed by atoms with Gasteiger partial charge in [-0.1, -0.05) is 18.2 Å². The Morgan fingerprint density at radius 2 is 1.94 bits per heavy atom. The highest BCUT2D eigenvalue weighted by Crippen LogP contribution is 2.41. The van der Waals surface area contributed by atoms with E-state index in [1.54, 1.807) is 23.3 Å². The van der Waals surface area contributed by atoms with Gasteiger partial charge in [-0.2, -0.15) is 0 Å². The minimum atomic E-state index is -0.152. The third-order valence-electron chi connectivity index (χ3n) is 4.85. The molecule has 162 valence electrons. The van der Waals surface area contributed by atoms with E-state index in [2.05, 4.69) is 0 Å².